The first-order valence-corrected chi connectivity index (χ1v) is 8.44. The number of piperazine rings is 1. The molecule has 3 heterocycles. The largest absolute Gasteiger partial charge is 0.369 e. The van der Waals surface area contributed by atoms with Crippen LogP contribution in [-0.2, 0) is 11.8 Å². The van der Waals surface area contributed by atoms with Gasteiger partial charge in [-0.3, -0.25) is 9.48 Å². The molecule has 1 aromatic carbocycles. The molecule has 2 aliphatic rings. The minimum Gasteiger partial charge on any atom is -0.369 e. The molecule has 2 aliphatic heterocycles. The monoisotopic (exact) mass is 313 g/mol. The molecule has 0 spiro atoms. The number of nitrogens with zero attached hydrogens (tertiary/aromatic N) is 3. The number of aryl methyl sites for hydroxylation is 1. The lowest BCUT2D eigenvalue weighted by atomic mass is 9.93. The smallest absolute Gasteiger partial charge is 0.229 e. The van der Waals surface area contributed by atoms with E-state index in [0.29, 0.717) is 0 Å². The van der Waals surface area contributed by atoms with E-state index >= 15 is 0 Å². The number of rotatable bonds is 2. The Labute approximate surface area is 135 Å². The highest BCUT2D eigenvalue weighted by atomic mass is 16.1. The maximum atomic E-state index is 12.2. The van der Waals surface area contributed by atoms with Gasteiger partial charge in [-0.25, -0.2) is 0 Å². The van der Waals surface area contributed by atoms with Crippen molar-refractivity contribution in [1.82, 2.24) is 20.4 Å². The van der Waals surface area contributed by atoms with Crippen LogP contribution < -0.4 is 15.5 Å². The summed E-state index contributed by atoms with van der Waals surface area (Å²) in [5, 5.41) is 12.1. The third-order valence-electron chi connectivity index (χ3n) is 4.96. The molecule has 2 saturated heterocycles. The Morgan fingerprint density at radius 1 is 1.22 bits per heavy atom. The molecule has 1 amide bonds. The predicted octanol–water partition coefficient (Wildman–Crippen LogP) is 0.976. The molecule has 1 unspecified atom stereocenters. The number of nitrogens with one attached hydrogen (secondary N) is 2. The molecule has 0 radical (unpaired) electrons. The van der Waals surface area contributed by atoms with Crippen LogP contribution in [0.25, 0.3) is 10.9 Å². The fraction of sp³-hybridized carbons (Fsp3) is 0.529. The molecule has 1 atom stereocenters. The van der Waals surface area contributed by atoms with Crippen molar-refractivity contribution in [3.8, 4) is 0 Å². The minimum atomic E-state index is -0.113. The zero-order chi connectivity index (χ0) is 15.8. The summed E-state index contributed by atoms with van der Waals surface area (Å²) in [6.45, 7) is 4.89. The first kappa shape index (κ1) is 14.5. The third-order valence-corrected chi connectivity index (χ3v) is 4.96. The number of piperidine rings is 1. The van der Waals surface area contributed by atoms with Gasteiger partial charge >= 0.3 is 0 Å². The number of anilines is 1. The van der Waals surface area contributed by atoms with Gasteiger partial charge in [-0.2, -0.15) is 5.10 Å². The number of hydrogen-bond donors (Lipinski definition) is 2. The van der Waals surface area contributed by atoms with E-state index < -0.39 is 0 Å². The summed E-state index contributed by atoms with van der Waals surface area (Å²) in [7, 11) is 1.97. The van der Waals surface area contributed by atoms with E-state index in [1.165, 1.54) is 5.69 Å². The van der Waals surface area contributed by atoms with Crippen molar-refractivity contribution in [2.45, 2.75) is 18.8 Å². The standard InChI is InChI=1S/C17H23N5O/c1-21-15-11-12(22-9-7-18-8-10-22)4-5-13(15)16(20-21)14-3-2-6-19-17(14)23/h4-5,11,14,18H,2-3,6-10H2,1H3,(H,19,23). The van der Waals surface area contributed by atoms with Gasteiger partial charge in [0.05, 0.1) is 17.1 Å². The summed E-state index contributed by atoms with van der Waals surface area (Å²) < 4.78 is 1.91. The van der Waals surface area contributed by atoms with Crippen molar-refractivity contribution in [3.05, 3.63) is 23.9 Å². The Bertz CT molecular complexity index is 732. The molecular formula is C17H23N5O. The molecular weight excluding hydrogens is 290 g/mol. The first-order chi connectivity index (χ1) is 11.2. The Hall–Kier alpha value is -2.08. The zero-order valence-electron chi connectivity index (χ0n) is 13.5. The molecule has 2 N–H and O–H groups in total. The Kier molecular flexibility index (Phi) is 3.69. The molecule has 0 bridgehead atoms. The van der Waals surface area contributed by atoms with Crippen LogP contribution in [0.5, 0.6) is 0 Å². The molecule has 122 valence electrons. The lowest BCUT2D eigenvalue weighted by Crippen LogP contribution is -2.43. The normalized spacial score (nSPS) is 22.4. The summed E-state index contributed by atoms with van der Waals surface area (Å²) in [4.78, 5) is 14.6. The van der Waals surface area contributed by atoms with E-state index in [-0.39, 0.29) is 11.8 Å². The molecule has 2 fully saturated rings. The predicted molar refractivity (Wildman–Crippen MR) is 90.8 cm³/mol. The SMILES string of the molecule is Cn1nc(C2CCCNC2=O)c2ccc(N3CCNCC3)cc21. The van der Waals surface area contributed by atoms with Crippen LogP contribution >= 0.6 is 0 Å². The van der Waals surface area contributed by atoms with Crippen molar-refractivity contribution in [3.63, 3.8) is 0 Å². The minimum absolute atomic E-state index is 0.113. The Morgan fingerprint density at radius 3 is 2.83 bits per heavy atom. The van der Waals surface area contributed by atoms with E-state index in [1.54, 1.807) is 0 Å². The van der Waals surface area contributed by atoms with Gasteiger partial charge in [0.2, 0.25) is 5.91 Å². The molecule has 0 saturated carbocycles. The second-order valence-corrected chi connectivity index (χ2v) is 6.43. The van der Waals surface area contributed by atoms with Crippen molar-refractivity contribution in [2.75, 3.05) is 37.6 Å². The number of hydrogen-bond acceptors (Lipinski definition) is 4. The Balaban J connectivity index is 1.72. The van der Waals surface area contributed by atoms with E-state index in [1.807, 2.05) is 11.7 Å². The van der Waals surface area contributed by atoms with Gasteiger partial charge in [-0.15, -0.1) is 0 Å². The fourth-order valence-corrected chi connectivity index (χ4v) is 3.68. The second-order valence-electron chi connectivity index (χ2n) is 6.43. The van der Waals surface area contributed by atoms with E-state index in [0.717, 1.165) is 62.2 Å². The molecule has 4 rings (SSSR count). The number of benzene rings is 1. The summed E-state index contributed by atoms with van der Waals surface area (Å²) in [6, 6.07) is 6.51. The third kappa shape index (κ3) is 2.57. The van der Waals surface area contributed by atoms with Gasteiger partial charge < -0.3 is 15.5 Å². The summed E-state index contributed by atoms with van der Waals surface area (Å²) in [5.41, 5.74) is 3.27. The molecule has 23 heavy (non-hydrogen) atoms. The number of amides is 1. The van der Waals surface area contributed by atoms with Crippen molar-refractivity contribution >= 4 is 22.5 Å². The molecule has 6 heteroatoms. The fourth-order valence-electron chi connectivity index (χ4n) is 3.68. The zero-order valence-corrected chi connectivity index (χ0v) is 13.5. The van der Waals surface area contributed by atoms with Crippen LogP contribution in [0.1, 0.15) is 24.5 Å². The van der Waals surface area contributed by atoms with E-state index in [9.17, 15) is 4.79 Å². The number of carbonyl (C=O) groups is 1. The summed E-state index contributed by atoms with van der Waals surface area (Å²) in [5.74, 6) is -0.0000758. The van der Waals surface area contributed by atoms with Gasteiger partial charge in [-0.05, 0) is 31.0 Å². The molecule has 2 aromatic rings. The van der Waals surface area contributed by atoms with Crippen molar-refractivity contribution in [1.29, 1.82) is 0 Å². The number of aromatic nitrogens is 2. The van der Waals surface area contributed by atoms with Crippen LogP contribution in [0.4, 0.5) is 5.69 Å². The number of fused-ring (bicyclic) bond motifs is 1. The van der Waals surface area contributed by atoms with E-state index in [2.05, 4.69) is 38.8 Å². The first-order valence-electron chi connectivity index (χ1n) is 8.44. The maximum Gasteiger partial charge on any atom is 0.229 e. The van der Waals surface area contributed by atoms with Crippen LogP contribution in [-0.4, -0.2) is 48.4 Å². The van der Waals surface area contributed by atoms with Crippen LogP contribution in [0.15, 0.2) is 18.2 Å². The highest BCUT2D eigenvalue weighted by Gasteiger charge is 2.28. The average Bonchev–Trinajstić information content (AvgIpc) is 2.92. The highest BCUT2D eigenvalue weighted by molar-refractivity contribution is 5.92. The maximum absolute atomic E-state index is 12.2. The lowest BCUT2D eigenvalue weighted by Gasteiger charge is -2.29. The highest BCUT2D eigenvalue weighted by Crippen LogP contribution is 2.32. The average molecular weight is 313 g/mol. The molecule has 6 nitrogen and oxygen atoms in total. The molecule has 0 aliphatic carbocycles. The van der Waals surface area contributed by atoms with Crippen molar-refractivity contribution in [2.24, 2.45) is 7.05 Å². The van der Waals surface area contributed by atoms with Crippen molar-refractivity contribution < 1.29 is 4.79 Å². The topological polar surface area (TPSA) is 62.2 Å². The quantitative estimate of drug-likeness (QED) is 0.867. The van der Waals surface area contributed by atoms with Gasteiger partial charge in [0.1, 0.15) is 0 Å². The lowest BCUT2D eigenvalue weighted by molar-refractivity contribution is -0.123. The molecule has 1 aromatic heterocycles. The van der Waals surface area contributed by atoms with Crippen LogP contribution in [0, 0.1) is 0 Å². The second kappa shape index (κ2) is 5.85. The van der Waals surface area contributed by atoms with E-state index in [4.69, 9.17) is 0 Å². The Morgan fingerprint density at radius 2 is 2.04 bits per heavy atom. The van der Waals surface area contributed by atoms with Crippen LogP contribution in [0.2, 0.25) is 0 Å². The van der Waals surface area contributed by atoms with Gasteiger partial charge in [0.25, 0.3) is 0 Å². The summed E-state index contributed by atoms with van der Waals surface area (Å²) >= 11 is 0. The van der Waals surface area contributed by atoms with Gasteiger partial charge in [0, 0.05) is 50.8 Å². The van der Waals surface area contributed by atoms with Gasteiger partial charge in [0.15, 0.2) is 0 Å². The number of carbonyl (C=O) groups excluding carboxylic acids is 1. The van der Waals surface area contributed by atoms with Crippen LogP contribution in [0.3, 0.4) is 0 Å². The van der Waals surface area contributed by atoms with Gasteiger partial charge in [-0.1, -0.05) is 0 Å². The summed E-state index contributed by atoms with van der Waals surface area (Å²) in [6.07, 6.45) is 1.91.